The molecule has 2 atom stereocenters. The number of carbonyl (C=O) groups is 1. The molecule has 2 rings (SSSR count). The molecule has 1 aliphatic carbocycles. The summed E-state index contributed by atoms with van der Waals surface area (Å²) in [6.45, 7) is 5.77. The molecule has 1 unspecified atom stereocenters. The molecule has 0 aromatic rings. The van der Waals surface area contributed by atoms with Crippen LogP contribution in [0.4, 0.5) is 0 Å². The Morgan fingerprint density at radius 1 is 1.35 bits per heavy atom. The van der Waals surface area contributed by atoms with Crippen LogP contribution in [-0.4, -0.2) is 43.0 Å². The summed E-state index contributed by atoms with van der Waals surface area (Å²) in [4.78, 5) is 13.8. The molecule has 4 heteroatoms. The van der Waals surface area contributed by atoms with Crippen LogP contribution >= 0.6 is 0 Å². The second kappa shape index (κ2) is 5.83. The molecule has 3 N–H and O–H groups in total. The van der Waals surface area contributed by atoms with E-state index >= 15 is 0 Å². The maximum Gasteiger partial charge on any atom is 0.239 e. The van der Waals surface area contributed by atoms with Crippen molar-refractivity contribution in [2.24, 2.45) is 17.6 Å². The summed E-state index contributed by atoms with van der Waals surface area (Å²) in [7, 11) is 0. The van der Waals surface area contributed by atoms with Gasteiger partial charge in [-0.25, -0.2) is 0 Å². The average Bonchev–Trinajstić information content (AvgIpc) is 3.12. The number of nitrogens with two attached hydrogens (primary N) is 1. The Hall–Kier alpha value is -0.610. The van der Waals surface area contributed by atoms with Gasteiger partial charge in [-0.1, -0.05) is 0 Å². The molecular formula is C13H25N3O. The Kier molecular flexibility index (Phi) is 4.40. The van der Waals surface area contributed by atoms with Crippen LogP contribution in [-0.2, 0) is 4.79 Å². The normalized spacial score (nSPS) is 26.9. The van der Waals surface area contributed by atoms with Gasteiger partial charge < -0.3 is 16.0 Å². The van der Waals surface area contributed by atoms with Crippen LogP contribution in [0.1, 0.15) is 32.6 Å². The highest BCUT2D eigenvalue weighted by Gasteiger charge is 2.26. The largest absolute Gasteiger partial charge is 0.341 e. The summed E-state index contributed by atoms with van der Waals surface area (Å²) in [5.74, 6) is 1.66. The van der Waals surface area contributed by atoms with Crippen LogP contribution in [0.25, 0.3) is 0 Å². The SMILES string of the molecule is C[C@H](N)C(=O)N1CCCC(CNCC2CC2)C1. The molecule has 2 fully saturated rings. The van der Waals surface area contributed by atoms with Gasteiger partial charge in [-0.3, -0.25) is 4.79 Å². The van der Waals surface area contributed by atoms with Crippen LogP contribution in [0.3, 0.4) is 0 Å². The standard InChI is InChI=1S/C13H25N3O/c1-10(14)13(17)16-6-2-3-12(9-16)8-15-7-11-4-5-11/h10-12,15H,2-9,14H2,1H3/t10-,12?/m0/s1. The number of rotatable bonds is 5. The summed E-state index contributed by atoms with van der Waals surface area (Å²) in [5.41, 5.74) is 5.65. The van der Waals surface area contributed by atoms with Crippen molar-refractivity contribution in [3.05, 3.63) is 0 Å². The van der Waals surface area contributed by atoms with Gasteiger partial charge in [0.05, 0.1) is 6.04 Å². The van der Waals surface area contributed by atoms with Crippen molar-refractivity contribution in [3.8, 4) is 0 Å². The fourth-order valence-electron chi connectivity index (χ4n) is 2.53. The molecule has 0 aromatic heterocycles. The molecule has 1 saturated carbocycles. The van der Waals surface area contributed by atoms with Crippen molar-refractivity contribution in [1.29, 1.82) is 0 Å². The number of amides is 1. The highest BCUT2D eigenvalue weighted by atomic mass is 16.2. The van der Waals surface area contributed by atoms with Crippen LogP contribution in [0.5, 0.6) is 0 Å². The first-order chi connectivity index (χ1) is 8.16. The summed E-state index contributed by atoms with van der Waals surface area (Å²) < 4.78 is 0. The number of hydrogen-bond acceptors (Lipinski definition) is 3. The number of nitrogens with one attached hydrogen (secondary N) is 1. The molecule has 0 radical (unpaired) electrons. The predicted molar refractivity (Wildman–Crippen MR) is 68.5 cm³/mol. The lowest BCUT2D eigenvalue weighted by Crippen LogP contribution is -2.48. The summed E-state index contributed by atoms with van der Waals surface area (Å²) in [5, 5.41) is 3.54. The zero-order chi connectivity index (χ0) is 12.3. The smallest absolute Gasteiger partial charge is 0.239 e. The molecule has 4 nitrogen and oxygen atoms in total. The third-order valence-corrected chi connectivity index (χ3v) is 3.78. The highest BCUT2D eigenvalue weighted by molar-refractivity contribution is 5.81. The van der Waals surface area contributed by atoms with Crippen molar-refractivity contribution in [2.75, 3.05) is 26.2 Å². The lowest BCUT2D eigenvalue weighted by molar-refractivity contribution is -0.133. The Labute approximate surface area is 104 Å². The van der Waals surface area contributed by atoms with E-state index in [1.165, 1.54) is 19.3 Å². The second-order valence-electron chi connectivity index (χ2n) is 5.68. The van der Waals surface area contributed by atoms with Crippen LogP contribution in [0.2, 0.25) is 0 Å². The zero-order valence-electron chi connectivity index (χ0n) is 10.8. The van der Waals surface area contributed by atoms with Crippen LogP contribution in [0, 0.1) is 11.8 Å². The molecule has 1 heterocycles. The number of carbonyl (C=O) groups excluding carboxylic acids is 1. The van der Waals surface area contributed by atoms with Gasteiger partial charge in [0, 0.05) is 13.1 Å². The molecule has 0 bridgehead atoms. The molecule has 2 aliphatic rings. The lowest BCUT2D eigenvalue weighted by Gasteiger charge is -2.34. The van der Waals surface area contributed by atoms with E-state index in [-0.39, 0.29) is 11.9 Å². The molecule has 1 aliphatic heterocycles. The van der Waals surface area contributed by atoms with Crippen LogP contribution < -0.4 is 11.1 Å². The average molecular weight is 239 g/mol. The molecule has 17 heavy (non-hydrogen) atoms. The number of likely N-dealkylation sites (tertiary alicyclic amines) is 1. The molecule has 1 saturated heterocycles. The minimum atomic E-state index is -0.354. The summed E-state index contributed by atoms with van der Waals surface area (Å²) in [6.07, 6.45) is 5.15. The van der Waals surface area contributed by atoms with Gasteiger partial charge in [0.15, 0.2) is 0 Å². The third-order valence-electron chi connectivity index (χ3n) is 3.78. The number of nitrogens with zero attached hydrogens (tertiary/aromatic N) is 1. The van der Waals surface area contributed by atoms with Gasteiger partial charge in [-0.05, 0) is 57.5 Å². The minimum Gasteiger partial charge on any atom is -0.341 e. The maximum atomic E-state index is 11.8. The molecule has 0 spiro atoms. The Morgan fingerprint density at radius 2 is 2.06 bits per heavy atom. The second-order valence-corrected chi connectivity index (χ2v) is 5.68. The van der Waals surface area contributed by atoms with Gasteiger partial charge in [0.25, 0.3) is 0 Å². The monoisotopic (exact) mass is 239 g/mol. The van der Waals surface area contributed by atoms with Gasteiger partial charge in [-0.2, -0.15) is 0 Å². The van der Waals surface area contributed by atoms with Gasteiger partial charge in [-0.15, -0.1) is 0 Å². The van der Waals surface area contributed by atoms with E-state index in [9.17, 15) is 4.79 Å². The van der Waals surface area contributed by atoms with E-state index < -0.39 is 0 Å². The van der Waals surface area contributed by atoms with Gasteiger partial charge >= 0.3 is 0 Å². The Bertz CT molecular complexity index is 263. The van der Waals surface area contributed by atoms with Crippen LogP contribution in [0.15, 0.2) is 0 Å². The van der Waals surface area contributed by atoms with Crippen molar-refractivity contribution in [2.45, 2.75) is 38.6 Å². The number of hydrogen-bond donors (Lipinski definition) is 2. The molecule has 1 amide bonds. The van der Waals surface area contributed by atoms with Crippen molar-refractivity contribution in [3.63, 3.8) is 0 Å². The third kappa shape index (κ3) is 3.96. The Morgan fingerprint density at radius 3 is 2.71 bits per heavy atom. The van der Waals surface area contributed by atoms with Gasteiger partial charge in [0.1, 0.15) is 0 Å². The minimum absolute atomic E-state index is 0.108. The first-order valence-electron chi connectivity index (χ1n) is 6.92. The molecule has 98 valence electrons. The summed E-state index contributed by atoms with van der Waals surface area (Å²) >= 11 is 0. The first-order valence-corrected chi connectivity index (χ1v) is 6.92. The maximum absolute atomic E-state index is 11.8. The van der Waals surface area contributed by atoms with E-state index in [1.54, 1.807) is 6.92 Å². The van der Waals surface area contributed by atoms with Crippen molar-refractivity contribution in [1.82, 2.24) is 10.2 Å². The lowest BCUT2D eigenvalue weighted by atomic mass is 9.97. The van der Waals surface area contributed by atoms with E-state index in [0.29, 0.717) is 5.92 Å². The van der Waals surface area contributed by atoms with E-state index in [0.717, 1.165) is 38.5 Å². The van der Waals surface area contributed by atoms with Crippen molar-refractivity contribution >= 4 is 5.91 Å². The van der Waals surface area contributed by atoms with Crippen molar-refractivity contribution < 1.29 is 4.79 Å². The quantitative estimate of drug-likeness (QED) is 0.737. The predicted octanol–water partition coefficient (Wildman–Crippen LogP) is 0.572. The molecular weight excluding hydrogens is 214 g/mol. The van der Waals surface area contributed by atoms with E-state index in [4.69, 9.17) is 5.73 Å². The van der Waals surface area contributed by atoms with Gasteiger partial charge in [0.2, 0.25) is 5.91 Å². The van der Waals surface area contributed by atoms with E-state index in [2.05, 4.69) is 5.32 Å². The zero-order valence-corrected chi connectivity index (χ0v) is 10.8. The molecule has 0 aromatic carbocycles. The highest BCUT2D eigenvalue weighted by Crippen LogP contribution is 2.27. The fraction of sp³-hybridized carbons (Fsp3) is 0.923. The topological polar surface area (TPSA) is 58.4 Å². The fourth-order valence-corrected chi connectivity index (χ4v) is 2.53. The first kappa shape index (κ1) is 12.8. The Balaban J connectivity index is 1.69. The van der Waals surface area contributed by atoms with E-state index in [1.807, 2.05) is 4.90 Å². The summed E-state index contributed by atoms with van der Waals surface area (Å²) in [6, 6.07) is -0.354. The number of piperidine rings is 1.